The van der Waals surface area contributed by atoms with Gasteiger partial charge in [-0.25, -0.2) is 9.45 Å². The highest BCUT2D eigenvalue weighted by Crippen LogP contribution is 2.51. The van der Waals surface area contributed by atoms with E-state index in [1.807, 2.05) is 0 Å². The van der Waals surface area contributed by atoms with E-state index in [1.165, 1.54) is 13.0 Å². The summed E-state index contributed by atoms with van der Waals surface area (Å²) in [4.78, 5) is 34.1. The largest absolute Gasteiger partial charge is 0.435 e. The monoisotopic (exact) mass is 635 g/mol. The molecule has 2 aliphatic heterocycles. The molecule has 2 aliphatic rings. The third-order valence-electron chi connectivity index (χ3n) is 6.35. The van der Waals surface area contributed by atoms with Gasteiger partial charge < -0.3 is 10.2 Å². The molecule has 7 nitrogen and oxygen atoms in total. The van der Waals surface area contributed by atoms with Crippen molar-refractivity contribution in [3.8, 4) is 0 Å². The highest BCUT2D eigenvalue weighted by Gasteiger charge is 2.64. The van der Waals surface area contributed by atoms with E-state index in [4.69, 9.17) is 11.6 Å². The maximum absolute atomic E-state index is 14.8. The maximum atomic E-state index is 14.8. The van der Waals surface area contributed by atoms with Crippen LogP contribution >= 0.6 is 11.6 Å². The number of halogens is 11. The molecule has 42 heavy (non-hydrogen) atoms. The molecule has 0 saturated carbocycles. The Hall–Kier alpha value is -3.60. The smallest absolute Gasteiger partial charge is 0.374 e. The maximum Gasteiger partial charge on any atom is 0.435 e. The van der Waals surface area contributed by atoms with Crippen LogP contribution in [-0.2, 0) is 26.2 Å². The molecule has 2 heterocycles. The van der Waals surface area contributed by atoms with E-state index in [1.54, 1.807) is 0 Å². The van der Waals surface area contributed by atoms with E-state index in [0.29, 0.717) is 0 Å². The second-order valence-electron chi connectivity index (χ2n) is 9.29. The van der Waals surface area contributed by atoms with Crippen molar-refractivity contribution >= 4 is 29.1 Å². The minimum absolute atomic E-state index is 0.0481. The summed E-state index contributed by atoms with van der Waals surface area (Å²) in [5, 5.41) is 4.38. The van der Waals surface area contributed by atoms with Crippen LogP contribution in [0.2, 0.25) is 5.02 Å². The Morgan fingerprint density at radius 2 is 1.79 bits per heavy atom. The number of nitrogens with zero attached hydrogens (tertiary/aromatic N) is 2. The number of hydrogen-bond acceptors (Lipinski definition) is 5. The number of nitrogens with one attached hydrogen (secondary N) is 1. The number of carbonyl (C=O) groups is 2. The van der Waals surface area contributed by atoms with E-state index >= 15 is 0 Å². The van der Waals surface area contributed by atoms with Crippen LogP contribution in [0.15, 0.2) is 35.5 Å². The molecule has 4 rings (SSSR count). The molecule has 2 atom stereocenters. The molecular weight excluding hydrogens is 620 g/mol. The van der Waals surface area contributed by atoms with Crippen LogP contribution in [0, 0.1) is 12.7 Å². The number of oxime groups is 1. The summed E-state index contributed by atoms with van der Waals surface area (Å²) in [6, 6.07) is 2.00. The summed E-state index contributed by atoms with van der Waals surface area (Å²) >= 11 is 5.49. The molecule has 2 aromatic carbocycles. The first kappa shape index (κ1) is 31.3. The lowest BCUT2D eigenvalue weighted by Crippen LogP contribution is -2.44. The number of hydroxylamine groups is 2. The molecule has 2 aromatic rings. The Balaban J connectivity index is 1.57. The van der Waals surface area contributed by atoms with E-state index in [-0.39, 0.29) is 33.9 Å². The van der Waals surface area contributed by atoms with Gasteiger partial charge in [-0.3, -0.25) is 14.4 Å². The van der Waals surface area contributed by atoms with Gasteiger partial charge in [0, 0.05) is 11.1 Å². The normalized spacial score (nSPS) is 21.4. The summed E-state index contributed by atoms with van der Waals surface area (Å²) in [5.41, 5.74) is -7.43. The van der Waals surface area contributed by atoms with Gasteiger partial charge in [0.2, 0.25) is 0 Å². The highest BCUT2D eigenvalue weighted by atomic mass is 35.5. The number of aryl methyl sites for hydroxylation is 1. The van der Waals surface area contributed by atoms with Crippen LogP contribution in [0.3, 0.4) is 0 Å². The van der Waals surface area contributed by atoms with E-state index in [0.717, 1.165) is 12.1 Å². The third-order valence-corrected chi connectivity index (χ3v) is 6.63. The molecule has 18 heteroatoms. The summed E-state index contributed by atoms with van der Waals surface area (Å²) in [6.45, 7) is -0.950. The third kappa shape index (κ3) is 5.97. The first-order valence-corrected chi connectivity index (χ1v) is 11.9. The molecule has 0 aromatic heterocycles. The van der Waals surface area contributed by atoms with Crippen LogP contribution < -0.4 is 5.32 Å². The molecule has 1 fully saturated rings. The molecule has 1 saturated heterocycles. The molecule has 2 amide bonds. The minimum atomic E-state index is -5.47. The van der Waals surface area contributed by atoms with Crippen molar-refractivity contribution in [3.05, 3.63) is 69.0 Å². The lowest BCUT2D eigenvalue weighted by molar-refractivity contribution is -0.276. The first-order chi connectivity index (χ1) is 19.2. The molecule has 0 aliphatic carbocycles. The molecule has 0 radical (unpaired) electrons. The van der Waals surface area contributed by atoms with Crippen molar-refractivity contribution < 1.29 is 63.2 Å². The Morgan fingerprint density at radius 3 is 2.36 bits per heavy atom. The van der Waals surface area contributed by atoms with Gasteiger partial charge in [0.05, 0.1) is 22.7 Å². The lowest BCUT2D eigenvalue weighted by atomic mass is 9.85. The summed E-state index contributed by atoms with van der Waals surface area (Å²) in [7, 11) is 0. The van der Waals surface area contributed by atoms with Gasteiger partial charge in [-0.1, -0.05) is 22.8 Å². The van der Waals surface area contributed by atoms with E-state index < -0.39 is 89.2 Å². The van der Waals surface area contributed by atoms with Crippen molar-refractivity contribution in [3.63, 3.8) is 0 Å². The number of carbonyl (C=O) groups excluding carboxylic acids is 2. The number of alkyl halides is 9. The van der Waals surface area contributed by atoms with Gasteiger partial charge in [0.25, 0.3) is 17.4 Å². The van der Waals surface area contributed by atoms with E-state index in [9.17, 15) is 53.5 Å². The zero-order chi connectivity index (χ0) is 31.4. The number of benzene rings is 2. The summed E-state index contributed by atoms with van der Waals surface area (Å²) in [6.07, 6.45) is -16.7. The Kier molecular flexibility index (Phi) is 7.90. The van der Waals surface area contributed by atoms with Gasteiger partial charge in [-0.2, -0.15) is 39.5 Å². The van der Waals surface area contributed by atoms with Crippen LogP contribution in [0.5, 0.6) is 0 Å². The van der Waals surface area contributed by atoms with Gasteiger partial charge >= 0.3 is 18.5 Å². The topological polar surface area (TPSA) is 80.2 Å². The van der Waals surface area contributed by atoms with Crippen molar-refractivity contribution in [1.29, 1.82) is 0 Å². The molecular formula is C24H16ClF10N3O4. The van der Waals surface area contributed by atoms with Gasteiger partial charge in [-0.05, 0) is 42.3 Å². The minimum Gasteiger partial charge on any atom is -0.374 e. The molecule has 0 spiro atoms. The average molecular weight is 636 g/mol. The summed E-state index contributed by atoms with van der Waals surface area (Å²) < 4.78 is 135. The highest BCUT2D eigenvalue weighted by molar-refractivity contribution is 6.30. The molecule has 1 N–H and O–H groups in total. The van der Waals surface area contributed by atoms with E-state index in [2.05, 4.69) is 20.1 Å². The van der Waals surface area contributed by atoms with Crippen molar-refractivity contribution in [2.75, 3.05) is 13.2 Å². The Morgan fingerprint density at radius 1 is 1.12 bits per heavy atom. The lowest BCUT2D eigenvalue weighted by Gasteiger charge is -2.30. The Bertz CT molecular complexity index is 1460. The van der Waals surface area contributed by atoms with Gasteiger partial charge in [-0.15, -0.1) is 0 Å². The zero-order valence-corrected chi connectivity index (χ0v) is 21.5. The van der Waals surface area contributed by atoms with Crippen molar-refractivity contribution in [2.45, 2.75) is 43.5 Å². The average Bonchev–Trinajstić information content (AvgIpc) is 3.44. The Labute approximate surface area is 233 Å². The zero-order valence-electron chi connectivity index (χ0n) is 20.8. The van der Waals surface area contributed by atoms with Crippen molar-refractivity contribution in [1.82, 2.24) is 10.4 Å². The number of amides is 2. The van der Waals surface area contributed by atoms with Crippen LogP contribution in [-0.4, -0.2) is 54.1 Å². The second kappa shape index (κ2) is 10.6. The molecule has 228 valence electrons. The fourth-order valence-electron chi connectivity index (χ4n) is 4.28. The fourth-order valence-corrected chi connectivity index (χ4v) is 4.50. The standard InChI is InChI=1S/C24H16ClF10N3O4/c1-10-4-11(2-3-13(10)19(39)36-17-8-41-38(20(17)40)9-22(27,28)29)16-7-21(42-37-16,24(33,34)35)14-5-12(23(30,31)32)6-15(25)18(14)26/h2-6,17H,7-9H2,1H3,(H,36,39)/t17-,21?/m1/s1. The number of hydrogen-bond donors (Lipinski definition) is 1. The number of rotatable bonds is 5. The summed E-state index contributed by atoms with van der Waals surface area (Å²) in [5.74, 6) is -3.87. The molecule has 1 unspecified atom stereocenters. The predicted octanol–water partition coefficient (Wildman–Crippen LogP) is 5.82. The quantitative estimate of drug-likeness (QED) is 0.420. The van der Waals surface area contributed by atoms with Crippen molar-refractivity contribution in [2.24, 2.45) is 5.16 Å². The van der Waals surface area contributed by atoms with Crippen LogP contribution in [0.4, 0.5) is 43.9 Å². The van der Waals surface area contributed by atoms with Gasteiger partial charge in [0.15, 0.2) is 0 Å². The first-order valence-electron chi connectivity index (χ1n) is 11.5. The SMILES string of the molecule is Cc1cc(C2=NOC(c3cc(C(F)(F)F)cc(Cl)c3F)(C(F)(F)F)C2)ccc1C(=O)N[C@@H]1CON(CC(F)(F)F)C1=O. The second-order valence-corrected chi connectivity index (χ2v) is 9.70. The van der Waals surface area contributed by atoms with Crippen LogP contribution in [0.1, 0.15) is 39.0 Å². The molecule has 0 bridgehead atoms. The van der Waals surface area contributed by atoms with Gasteiger partial charge in [0.1, 0.15) is 25.0 Å². The predicted molar refractivity (Wildman–Crippen MR) is 123 cm³/mol. The van der Waals surface area contributed by atoms with Crippen LogP contribution in [0.25, 0.3) is 0 Å². The fraction of sp³-hybridized carbons (Fsp3) is 0.375.